The fourth-order valence-electron chi connectivity index (χ4n) is 2.58. The number of hydrogen-bond donors (Lipinski definition) is 1. The lowest BCUT2D eigenvalue weighted by atomic mass is 10.0. The quantitative estimate of drug-likeness (QED) is 0.941. The lowest BCUT2D eigenvalue weighted by Gasteiger charge is -2.34. The fraction of sp³-hybridized carbons (Fsp3) is 0.462. The van der Waals surface area contributed by atoms with Crippen molar-refractivity contribution in [2.75, 3.05) is 13.7 Å². The summed E-state index contributed by atoms with van der Waals surface area (Å²) in [4.78, 5) is 19.5. The Bertz CT molecular complexity index is 581. The van der Waals surface area contributed by atoms with Crippen LogP contribution < -0.4 is 4.74 Å². The number of rotatable bonds is 3. The number of carbonyl (C=O) groups excluding carboxylic acids is 1. The molecule has 1 N–H and O–H groups in total. The minimum absolute atomic E-state index is 0.0120. The van der Waals surface area contributed by atoms with Crippen molar-refractivity contribution < 1.29 is 9.53 Å². The zero-order chi connectivity index (χ0) is 13.9. The molecule has 20 heavy (non-hydrogen) atoms. The van der Waals surface area contributed by atoms with Crippen molar-refractivity contribution >= 4 is 17.2 Å². The van der Waals surface area contributed by atoms with E-state index in [0.717, 1.165) is 31.6 Å². The van der Waals surface area contributed by atoms with Crippen molar-refractivity contribution in [2.24, 2.45) is 0 Å². The van der Waals surface area contributed by atoms with Gasteiger partial charge in [-0.15, -0.1) is 11.3 Å². The molecule has 1 unspecified atom stereocenters. The fourth-order valence-corrected chi connectivity index (χ4v) is 3.39. The van der Waals surface area contributed by atoms with Crippen LogP contribution >= 0.6 is 11.3 Å². The summed E-state index contributed by atoms with van der Waals surface area (Å²) in [5.41, 5.74) is 0. The van der Waals surface area contributed by atoms with Crippen molar-refractivity contribution in [3.63, 3.8) is 0 Å². The van der Waals surface area contributed by atoms with Gasteiger partial charge in [0, 0.05) is 6.54 Å². The summed E-state index contributed by atoms with van der Waals surface area (Å²) < 4.78 is 5.25. The van der Waals surface area contributed by atoms with Crippen LogP contribution in [0.1, 0.15) is 40.8 Å². The number of carbonyl (C=O) groups is 1. The van der Waals surface area contributed by atoms with Crippen LogP contribution in [-0.2, 0) is 0 Å². The topological polar surface area (TPSA) is 71.1 Å². The van der Waals surface area contributed by atoms with E-state index in [1.165, 1.54) is 17.7 Å². The van der Waals surface area contributed by atoms with E-state index in [9.17, 15) is 4.79 Å². The predicted octanol–water partition coefficient (Wildman–Crippen LogP) is 2.24. The molecule has 0 spiro atoms. The molecule has 1 amide bonds. The molecule has 1 atom stereocenters. The molecule has 7 heteroatoms. The molecule has 1 fully saturated rings. The van der Waals surface area contributed by atoms with E-state index in [2.05, 4.69) is 15.2 Å². The maximum Gasteiger partial charge on any atom is 0.268 e. The van der Waals surface area contributed by atoms with Gasteiger partial charge in [-0.2, -0.15) is 5.10 Å². The minimum atomic E-state index is -0.0226. The minimum Gasteiger partial charge on any atom is -0.495 e. The second-order valence-electron chi connectivity index (χ2n) is 4.70. The van der Waals surface area contributed by atoms with Gasteiger partial charge in [0.25, 0.3) is 5.91 Å². The number of aromatic amines is 1. The first-order valence-corrected chi connectivity index (χ1v) is 7.47. The van der Waals surface area contributed by atoms with Gasteiger partial charge in [0.05, 0.1) is 13.2 Å². The molecule has 1 aliphatic heterocycles. The summed E-state index contributed by atoms with van der Waals surface area (Å²) >= 11 is 1.41. The molecule has 0 radical (unpaired) electrons. The van der Waals surface area contributed by atoms with E-state index in [-0.39, 0.29) is 11.9 Å². The summed E-state index contributed by atoms with van der Waals surface area (Å²) in [6.45, 7) is 0.741. The van der Waals surface area contributed by atoms with Crippen molar-refractivity contribution in [1.82, 2.24) is 20.1 Å². The van der Waals surface area contributed by atoms with E-state index in [4.69, 9.17) is 4.74 Å². The zero-order valence-electron chi connectivity index (χ0n) is 11.2. The standard InChI is InChI=1S/C13H16N4O2S/c1-19-10-5-7-20-11(10)13(18)17-6-3-2-4-9(17)12-14-8-15-16-12/h5,7-9H,2-4,6H2,1H3,(H,14,15,16). The number of nitrogens with zero attached hydrogens (tertiary/aromatic N) is 3. The Balaban J connectivity index is 1.88. The van der Waals surface area contributed by atoms with E-state index < -0.39 is 0 Å². The second-order valence-corrected chi connectivity index (χ2v) is 5.62. The number of ether oxygens (including phenoxy) is 1. The molecule has 0 aromatic carbocycles. The molecule has 2 aromatic heterocycles. The maximum absolute atomic E-state index is 12.7. The highest BCUT2D eigenvalue weighted by molar-refractivity contribution is 7.12. The van der Waals surface area contributed by atoms with E-state index >= 15 is 0 Å². The van der Waals surface area contributed by atoms with Crippen LogP contribution in [-0.4, -0.2) is 39.6 Å². The SMILES string of the molecule is COc1ccsc1C(=O)N1CCCCC1c1ncn[nH]1. The molecule has 3 rings (SSSR count). The van der Waals surface area contributed by atoms with Crippen LogP contribution in [0, 0.1) is 0 Å². The van der Waals surface area contributed by atoms with Crippen LogP contribution in [0.15, 0.2) is 17.8 Å². The summed E-state index contributed by atoms with van der Waals surface area (Å²) in [7, 11) is 1.59. The highest BCUT2D eigenvalue weighted by atomic mass is 32.1. The number of methoxy groups -OCH3 is 1. The Kier molecular flexibility index (Phi) is 3.68. The van der Waals surface area contributed by atoms with Crippen LogP contribution in [0.25, 0.3) is 0 Å². The van der Waals surface area contributed by atoms with Crippen molar-refractivity contribution in [3.8, 4) is 5.75 Å². The monoisotopic (exact) mass is 292 g/mol. The second kappa shape index (κ2) is 5.62. The number of piperidine rings is 1. The summed E-state index contributed by atoms with van der Waals surface area (Å²) in [6, 6.07) is 1.80. The molecule has 1 saturated heterocycles. The van der Waals surface area contributed by atoms with Crippen LogP contribution in [0.2, 0.25) is 0 Å². The molecular formula is C13H16N4O2S. The highest BCUT2D eigenvalue weighted by Crippen LogP contribution is 2.33. The lowest BCUT2D eigenvalue weighted by Crippen LogP contribution is -2.38. The molecule has 2 aromatic rings. The first kappa shape index (κ1) is 13.1. The Morgan fingerprint density at radius 3 is 3.20 bits per heavy atom. The Morgan fingerprint density at radius 1 is 1.55 bits per heavy atom. The van der Waals surface area contributed by atoms with Crippen LogP contribution in [0.3, 0.4) is 0 Å². The number of aromatic nitrogens is 3. The third-order valence-corrected chi connectivity index (χ3v) is 4.44. The van der Waals surface area contributed by atoms with Crippen LogP contribution in [0.4, 0.5) is 0 Å². The number of nitrogens with one attached hydrogen (secondary N) is 1. The number of H-pyrrole nitrogens is 1. The number of likely N-dealkylation sites (tertiary alicyclic amines) is 1. The maximum atomic E-state index is 12.7. The molecular weight excluding hydrogens is 276 g/mol. The molecule has 3 heterocycles. The van der Waals surface area contributed by atoms with Gasteiger partial charge < -0.3 is 9.64 Å². The molecule has 0 saturated carbocycles. The summed E-state index contributed by atoms with van der Waals surface area (Å²) in [6.07, 6.45) is 4.51. The third-order valence-electron chi connectivity index (χ3n) is 3.56. The van der Waals surface area contributed by atoms with Gasteiger partial charge in [0.2, 0.25) is 0 Å². The van der Waals surface area contributed by atoms with Crippen molar-refractivity contribution in [1.29, 1.82) is 0 Å². The molecule has 0 aliphatic carbocycles. The smallest absolute Gasteiger partial charge is 0.268 e. The molecule has 6 nitrogen and oxygen atoms in total. The largest absolute Gasteiger partial charge is 0.495 e. The average Bonchev–Trinajstić information content (AvgIpc) is 3.17. The number of thiophene rings is 1. The summed E-state index contributed by atoms with van der Waals surface area (Å²) in [5.74, 6) is 1.41. The van der Waals surface area contributed by atoms with Gasteiger partial charge in [0.1, 0.15) is 22.8 Å². The molecule has 106 valence electrons. The average molecular weight is 292 g/mol. The highest BCUT2D eigenvalue weighted by Gasteiger charge is 2.32. The van der Waals surface area contributed by atoms with E-state index in [1.807, 2.05) is 16.3 Å². The van der Waals surface area contributed by atoms with Gasteiger partial charge in [-0.05, 0) is 30.7 Å². The first-order valence-electron chi connectivity index (χ1n) is 6.59. The first-order chi connectivity index (χ1) is 9.81. The van der Waals surface area contributed by atoms with Gasteiger partial charge in [-0.25, -0.2) is 4.98 Å². The van der Waals surface area contributed by atoms with Crippen molar-refractivity contribution in [2.45, 2.75) is 25.3 Å². The zero-order valence-corrected chi connectivity index (χ0v) is 12.0. The number of amides is 1. The van der Waals surface area contributed by atoms with E-state index in [1.54, 1.807) is 7.11 Å². The van der Waals surface area contributed by atoms with Gasteiger partial charge in [0.15, 0.2) is 0 Å². The summed E-state index contributed by atoms with van der Waals surface area (Å²) in [5, 5.41) is 8.65. The molecule has 1 aliphatic rings. The normalized spacial score (nSPS) is 19.1. The lowest BCUT2D eigenvalue weighted by molar-refractivity contribution is 0.0602. The Hall–Kier alpha value is -1.89. The van der Waals surface area contributed by atoms with Gasteiger partial charge >= 0.3 is 0 Å². The van der Waals surface area contributed by atoms with E-state index in [0.29, 0.717) is 10.6 Å². The molecule has 0 bridgehead atoms. The van der Waals surface area contributed by atoms with Gasteiger partial charge in [-0.1, -0.05) is 0 Å². The Labute approximate surface area is 120 Å². The van der Waals surface area contributed by atoms with Crippen molar-refractivity contribution in [3.05, 3.63) is 28.5 Å². The predicted molar refractivity (Wildman–Crippen MR) is 74.9 cm³/mol. The Morgan fingerprint density at radius 2 is 2.45 bits per heavy atom. The van der Waals surface area contributed by atoms with Gasteiger partial charge in [-0.3, -0.25) is 9.89 Å². The van der Waals surface area contributed by atoms with Crippen LogP contribution in [0.5, 0.6) is 5.75 Å². The number of hydrogen-bond acceptors (Lipinski definition) is 5. The third kappa shape index (κ3) is 2.29.